The quantitative estimate of drug-likeness (QED) is 0.103. The van der Waals surface area contributed by atoms with Gasteiger partial charge >= 0.3 is 5.97 Å². The largest absolute Gasteiger partial charge is 0.493 e. The second-order valence-electron chi connectivity index (χ2n) is 9.57. The maximum Gasteiger partial charge on any atom is 0.336 e. The van der Waals surface area contributed by atoms with Crippen LogP contribution < -0.4 is 24.7 Å². The molecule has 1 atom stereocenters. The fraction of sp³-hybridized carbons (Fsp3) is 0.273. The molecule has 0 saturated carbocycles. The van der Waals surface area contributed by atoms with Gasteiger partial charge < -0.3 is 24.7 Å². The summed E-state index contributed by atoms with van der Waals surface area (Å²) in [6, 6.07) is 20.0. The third-order valence-electron chi connectivity index (χ3n) is 6.74. The van der Waals surface area contributed by atoms with E-state index in [9.17, 15) is 10.1 Å². The van der Waals surface area contributed by atoms with Crippen molar-refractivity contribution >= 4 is 23.6 Å². The lowest BCUT2D eigenvalue weighted by Crippen LogP contribution is -2.21. The highest BCUT2D eigenvalue weighted by Gasteiger charge is 2.31. The van der Waals surface area contributed by atoms with Gasteiger partial charge in [-0.2, -0.15) is 5.26 Å². The van der Waals surface area contributed by atoms with Crippen LogP contribution in [-0.2, 0) is 4.79 Å². The highest BCUT2D eigenvalue weighted by atomic mass is 35.5. The predicted octanol–water partition coefficient (Wildman–Crippen LogP) is 7.53. The van der Waals surface area contributed by atoms with E-state index in [1.165, 1.54) is 25.3 Å². The second-order valence-corrected chi connectivity index (χ2v) is 9.98. The van der Waals surface area contributed by atoms with Crippen LogP contribution >= 0.6 is 11.6 Å². The van der Waals surface area contributed by atoms with Crippen molar-refractivity contribution in [1.82, 2.24) is 0 Å². The van der Waals surface area contributed by atoms with Crippen molar-refractivity contribution in [2.45, 2.75) is 44.9 Å². The lowest BCUT2D eigenvalue weighted by molar-refractivity contribution is -0.128. The van der Waals surface area contributed by atoms with E-state index in [0.29, 0.717) is 40.0 Å². The van der Waals surface area contributed by atoms with Crippen LogP contribution in [0.15, 0.2) is 78.2 Å². The number of carbonyl (C=O) groups is 1. The molecule has 8 heteroatoms. The Labute approximate surface area is 245 Å². The molecule has 2 N–H and O–H groups in total. The molecule has 0 aliphatic carbocycles. The minimum Gasteiger partial charge on any atom is -0.493 e. The molecule has 0 saturated heterocycles. The number of nitriles is 1. The van der Waals surface area contributed by atoms with Crippen molar-refractivity contribution in [3.05, 3.63) is 99.9 Å². The molecule has 4 rings (SSSR count). The van der Waals surface area contributed by atoms with Gasteiger partial charge in [-0.05, 0) is 47.9 Å². The molecule has 1 aliphatic rings. The van der Waals surface area contributed by atoms with Crippen molar-refractivity contribution < 1.29 is 23.7 Å². The Morgan fingerprint density at radius 2 is 1.88 bits per heavy atom. The Bertz CT molecular complexity index is 1490. The Morgan fingerprint density at radius 3 is 2.63 bits per heavy atom. The number of ether oxygens (including phenoxy) is 4. The molecule has 1 aliphatic heterocycles. The number of methoxy groups -OCH3 is 1. The second kappa shape index (κ2) is 14.3. The molecular weight excluding hydrogens is 540 g/mol. The van der Waals surface area contributed by atoms with E-state index in [4.69, 9.17) is 36.3 Å². The number of hydrogen-bond acceptors (Lipinski definition) is 7. The van der Waals surface area contributed by atoms with Crippen molar-refractivity contribution in [2.24, 2.45) is 5.73 Å². The van der Waals surface area contributed by atoms with E-state index >= 15 is 0 Å². The lowest BCUT2D eigenvalue weighted by atomic mass is 9.83. The zero-order valence-electron chi connectivity index (χ0n) is 23.2. The summed E-state index contributed by atoms with van der Waals surface area (Å²) in [5.74, 6) is 0.758. The van der Waals surface area contributed by atoms with Crippen molar-refractivity contribution in [2.75, 3.05) is 13.7 Å². The first-order chi connectivity index (χ1) is 19.9. The summed E-state index contributed by atoms with van der Waals surface area (Å²) in [4.78, 5) is 12.5. The van der Waals surface area contributed by atoms with Crippen LogP contribution in [0.1, 0.15) is 61.6 Å². The molecule has 0 bridgehead atoms. The molecule has 3 aromatic carbocycles. The minimum atomic E-state index is -0.579. The van der Waals surface area contributed by atoms with E-state index in [-0.39, 0.29) is 17.2 Å². The molecule has 1 unspecified atom stereocenters. The van der Waals surface area contributed by atoms with Crippen LogP contribution in [0.4, 0.5) is 0 Å². The van der Waals surface area contributed by atoms with Gasteiger partial charge in [0.1, 0.15) is 23.1 Å². The first-order valence-corrected chi connectivity index (χ1v) is 14.0. The summed E-state index contributed by atoms with van der Waals surface area (Å²) >= 11 is 6.15. The fourth-order valence-electron chi connectivity index (χ4n) is 4.63. The van der Waals surface area contributed by atoms with E-state index in [0.717, 1.165) is 18.4 Å². The number of nitrogens with zero attached hydrogens (tertiary/aromatic N) is 1. The molecular formula is C33H33ClN2O5. The Morgan fingerprint density at radius 1 is 1.07 bits per heavy atom. The molecule has 7 nitrogen and oxygen atoms in total. The molecule has 41 heavy (non-hydrogen) atoms. The standard InChI is InChI=1S/C33H33ClN2O5/c1-3-4-5-6-9-18-39-28-16-12-23(19-30(28)38-2)32-25-15-14-24(20-29(25)41-33(36)26(32)21-35)40-31(37)17-13-22-10-7-8-11-27(22)34/h7-8,10-17,19-20,32H,3-6,9,18,36H2,1-2H3/b17-13+. The van der Waals surface area contributed by atoms with Crippen molar-refractivity contribution in [3.8, 4) is 29.1 Å². The number of rotatable bonds is 12. The number of allylic oxidation sites excluding steroid dienone is 1. The number of hydrogen-bond donors (Lipinski definition) is 1. The zero-order chi connectivity index (χ0) is 29.2. The summed E-state index contributed by atoms with van der Waals surface area (Å²) < 4.78 is 22.9. The van der Waals surface area contributed by atoms with Crippen LogP contribution in [0.25, 0.3) is 6.08 Å². The van der Waals surface area contributed by atoms with Gasteiger partial charge in [0.2, 0.25) is 5.88 Å². The highest BCUT2D eigenvalue weighted by Crippen LogP contribution is 2.45. The van der Waals surface area contributed by atoms with Gasteiger partial charge in [0.25, 0.3) is 0 Å². The first kappa shape index (κ1) is 29.6. The van der Waals surface area contributed by atoms with Gasteiger partial charge in [-0.3, -0.25) is 0 Å². The summed E-state index contributed by atoms with van der Waals surface area (Å²) in [6.45, 7) is 2.79. The molecule has 1 heterocycles. The van der Waals surface area contributed by atoms with E-state index in [1.54, 1.807) is 43.5 Å². The van der Waals surface area contributed by atoms with Crippen LogP contribution in [-0.4, -0.2) is 19.7 Å². The minimum absolute atomic E-state index is 0.0153. The van der Waals surface area contributed by atoms with Gasteiger partial charge in [0, 0.05) is 22.7 Å². The number of carbonyl (C=O) groups excluding carboxylic acids is 1. The lowest BCUT2D eigenvalue weighted by Gasteiger charge is -2.27. The smallest absolute Gasteiger partial charge is 0.336 e. The summed E-state index contributed by atoms with van der Waals surface area (Å²) in [5.41, 5.74) is 8.63. The fourth-order valence-corrected chi connectivity index (χ4v) is 4.83. The maximum atomic E-state index is 12.5. The zero-order valence-corrected chi connectivity index (χ0v) is 23.9. The number of unbranched alkanes of at least 4 members (excludes halogenated alkanes) is 4. The van der Waals surface area contributed by atoms with Gasteiger partial charge in [0.05, 0.1) is 19.6 Å². The highest BCUT2D eigenvalue weighted by molar-refractivity contribution is 6.32. The number of esters is 1. The number of nitrogens with two attached hydrogens (primary N) is 1. The van der Waals surface area contributed by atoms with Crippen LogP contribution in [0.5, 0.6) is 23.0 Å². The van der Waals surface area contributed by atoms with E-state index < -0.39 is 11.9 Å². The molecule has 0 radical (unpaired) electrons. The molecule has 0 fully saturated rings. The molecule has 0 aromatic heterocycles. The van der Waals surface area contributed by atoms with Crippen LogP contribution in [0.2, 0.25) is 5.02 Å². The Kier molecular flexibility index (Phi) is 10.3. The van der Waals surface area contributed by atoms with E-state index in [1.807, 2.05) is 30.3 Å². The van der Waals surface area contributed by atoms with Gasteiger partial charge in [-0.25, -0.2) is 4.79 Å². The topological polar surface area (TPSA) is 104 Å². The van der Waals surface area contributed by atoms with Crippen molar-refractivity contribution in [1.29, 1.82) is 5.26 Å². The Hall–Kier alpha value is -4.41. The van der Waals surface area contributed by atoms with Crippen LogP contribution in [0, 0.1) is 11.3 Å². The predicted molar refractivity (Wildman–Crippen MR) is 159 cm³/mol. The van der Waals surface area contributed by atoms with Gasteiger partial charge in [-0.1, -0.05) is 74.5 Å². The molecule has 212 valence electrons. The first-order valence-electron chi connectivity index (χ1n) is 13.6. The molecule has 0 spiro atoms. The average Bonchev–Trinajstić information content (AvgIpc) is 2.97. The van der Waals surface area contributed by atoms with E-state index in [2.05, 4.69) is 13.0 Å². The monoisotopic (exact) mass is 572 g/mol. The third-order valence-corrected chi connectivity index (χ3v) is 7.08. The average molecular weight is 573 g/mol. The summed E-state index contributed by atoms with van der Waals surface area (Å²) in [7, 11) is 1.58. The van der Waals surface area contributed by atoms with Gasteiger partial charge in [-0.15, -0.1) is 0 Å². The summed E-state index contributed by atoms with van der Waals surface area (Å²) in [5, 5.41) is 10.5. The Balaban J connectivity index is 1.54. The molecule has 3 aromatic rings. The maximum absolute atomic E-state index is 12.5. The number of benzene rings is 3. The van der Waals surface area contributed by atoms with Gasteiger partial charge in [0.15, 0.2) is 11.5 Å². The van der Waals surface area contributed by atoms with Crippen molar-refractivity contribution in [3.63, 3.8) is 0 Å². The molecule has 0 amide bonds. The summed E-state index contributed by atoms with van der Waals surface area (Å²) in [6.07, 6.45) is 8.60. The number of fused-ring (bicyclic) bond motifs is 1. The SMILES string of the molecule is CCCCCCCOc1ccc(C2C(C#N)=C(N)Oc3cc(OC(=O)/C=C/c4ccccc4Cl)ccc32)cc1OC. The normalized spacial score (nSPS) is 14.2. The number of halogens is 1. The third kappa shape index (κ3) is 7.41. The van der Waals surface area contributed by atoms with Crippen LogP contribution in [0.3, 0.4) is 0 Å².